The molecule has 0 aliphatic heterocycles. The fourth-order valence-corrected chi connectivity index (χ4v) is 16.4. The van der Waals surface area contributed by atoms with E-state index >= 15 is 0 Å². The van der Waals surface area contributed by atoms with E-state index in [0.717, 1.165) is 18.1 Å². The molecule has 1 unspecified atom stereocenters. The fraction of sp³-hybridized carbons (Fsp3) is 0.178. The Morgan fingerprint density at radius 2 is 1.06 bits per heavy atom. The zero-order chi connectivity index (χ0) is 34.2. The lowest BCUT2D eigenvalue weighted by Gasteiger charge is -2.45. The quantitative estimate of drug-likeness (QED) is 0.0955. The lowest BCUT2D eigenvalue weighted by Crippen LogP contribution is -2.67. The van der Waals surface area contributed by atoms with E-state index in [-0.39, 0.29) is 11.1 Å². The molecule has 0 radical (unpaired) electrons. The van der Waals surface area contributed by atoms with Crippen LogP contribution >= 0.6 is 7.26 Å². The van der Waals surface area contributed by atoms with Gasteiger partial charge in [0.2, 0.25) is 0 Å². The van der Waals surface area contributed by atoms with Crippen LogP contribution in [0.5, 0.6) is 0 Å². The van der Waals surface area contributed by atoms with E-state index in [0.29, 0.717) is 0 Å². The number of pyridine rings is 1. The number of nitrogens with zero attached hydrogens (tertiary/aromatic N) is 1. The molecule has 0 bridgehead atoms. The van der Waals surface area contributed by atoms with Crippen LogP contribution in [-0.4, -0.2) is 25.6 Å². The third kappa shape index (κ3) is 7.31. The third-order valence-electron chi connectivity index (χ3n) is 9.64. The first-order valence-corrected chi connectivity index (χ1v) is 21.1. The van der Waals surface area contributed by atoms with Gasteiger partial charge in [-0.25, -0.2) is 0 Å². The second-order valence-electron chi connectivity index (χ2n) is 13.8. The van der Waals surface area contributed by atoms with Gasteiger partial charge in [-0.1, -0.05) is 148 Å². The highest BCUT2D eigenvalue weighted by atomic mass is 31.2. The Morgan fingerprint density at radius 3 is 1.45 bits per heavy atom. The first-order valence-electron chi connectivity index (χ1n) is 17.3. The summed E-state index contributed by atoms with van der Waals surface area (Å²) in [4.78, 5) is 4.44. The highest BCUT2D eigenvalue weighted by Crippen LogP contribution is 2.56. The normalized spacial score (nSPS) is 13.2. The molecular formula is C45H47NOPSi+. The molecule has 1 atom stereocenters. The second-order valence-corrected chi connectivity index (χ2v) is 21.6. The molecule has 246 valence electrons. The lowest BCUT2D eigenvalue weighted by atomic mass is 10.1. The number of aromatic nitrogens is 1. The van der Waals surface area contributed by atoms with E-state index in [1.165, 1.54) is 31.9 Å². The average Bonchev–Trinajstić information content (AvgIpc) is 3.15. The Kier molecular flexibility index (Phi) is 10.9. The first kappa shape index (κ1) is 34.5. The van der Waals surface area contributed by atoms with Gasteiger partial charge in [0.15, 0.2) is 0 Å². The Morgan fingerprint density at radius 1 is 0.633 bits per heavy atom. The summed E-state index contributed by atoms with van der Waals surface area (Å²) in [6.45, 7) is 9.35. The van der Waals surface area contributed by atoms with Crippen molar-refractivity contribution >= 4 is 47.9 Å². The van der Waals surface area contributed by atoms with Crippen molar-refractivity contribution in [3.63, 3.8) is 0 Å². The van der Waals surface area contributed by atoms with Gasteiger partial charge in [-0.2, -0.15) is 0 Å². The minimum Gasteiger partial charge on any atom is -0.401 e. The van der Waals surface area contributed by atoms with Crippen LogP contribution in [0.25, 0.3) is 6.08 Å². The van der Waals surface area contributed by atoms with Crippen molar-refractivity contribution in [2.45, 2.75) is 45.3 Å². The number of rotatable bonds is 12. The van der Waals surface area contributed by atoms with E-state index in [1.807, 2.05) is 18.5 Å². The summed E-state index contributed by atoms with van der Waals surface area (Å²) in [6.07, 6.45) is 7.75. The van der Waals surface area contributed by atoms with Crippen molar-refractivity contribution in [3.05, 3.63) is 187 Å². The molecule has 1 heterocycles. The standard InChI is InChI=1S/C45H47NOPSi/c1-37(35-38-21-20-33-46-36-38)44(47-49(45(2,3)4,42-28-16-8-17-29-42)43-30-18-9-19-31-43)32-34-48(39-22-10-5-11-23-39,40-24-12-6-13-25-40)41-26-14-7-15-27-41/h5-31,33,35-36,44H,32,34H2,1-4H3/q+1. The zero-order valence-electron chi connectivity index (χ0n) is 29.1. The van der Waals surface area contributed by atoms with Gasteiger partial charge in [0, 0.05) is 18.8 Å². The molecule has 0 fully saturated rings. The molecule has 0 amide bonds. The molecule has 2 nitrogen and oxygen atoms in total. The van der Waals surface area contributed by atoms with Crippen LogP contribution in [0.4, 0.5) is 0 Å². The van der Waals surface area contributed by atoms with Crippen molar-refractivity contribution in [1.29, 1.82) is 0 Å². The van der Waals surface area contributed by atoms with Crippen LogP contribution in [0.15, 0.2) is 182 Å². The molecule has 49 heavy (non-hydrogen) atoms. The molecule has 0 saturated heterocycles. The zero-order valence-corrected chi connectivity index (χ0v) is 31.0. The van der Waals surface area contributed by atoms with E-state index in [4.69, 9.17) is 4.43 Å². The third-order valence-corrected chi connectivity index (χ3v) is 19.2. The van der Waals surface area contributed by atoms with Crippen molar-refractivity contribution in [2.75, 3.05) is 6.16 Å². The SMILES string of the molecule is CC(=Cc1cccnc1)C(CC[P+](c1ccccc1)(c1ccccc1)c1ccccc1)O[Si](c1ccccc1)(c1ccccc1)C(C)(C)C. The molecular weight excluding hydrogens is 630 g/mol. The van der Waals surface area contributed by atoms with E-state index in [2.05, 4.69) is 196 Å². The minimum atomic E-state index is -2.87. The molecule has 6 aromatic rings. The molecule has 4 heteroatoms. The topological polar surface area (TPSA) is 22.1 Å². The summed E-state index contributed by atoms with van der Waals surface area (Å²) in [7, 11) is -4.95. The number of hydrogen-bond acceptors (Lipinski definition) is 2. The second kappa shape index (κ2) is 15.4. The van der Waals surface area contributed by atoms with Gasteiger partial charge in [0.1, 0.15) is 23.2 Å². The van der Waals surface area contributed by atoms with E-state index in [1.54, 1.807) is 0 Å². The number of hydrogen-bond donors (Lipinski definition) is 0. The van der Waals surface area contributed by atoms with Gasteiger partial charge in [-0.05, 0) is 75.9 Å². The maximum atomic E-state index is 7.98. The van der Waals surface area contributed by atoms with Gasteiger partial charge < -0.3 is 4.43 Å². The van der Waals surface area contributed by atoms with Gasteiger partial charge in [-0.3, -0.25) is 4.98 Å². The Balaban J connectivity index is 1.55. The maximum absolute atomic E-state index is 7.98. The monoisotopic (exact) mass is 676 g/mol. The van der Waals surface area contributed by atoms with Crippen LogP contribution in [0.2, 0.25) is 5.04 Å². The van der Waals surface area contributed by atoms with Crippen LogP contribution in [0.3, 0.4) is 0 Å². The number of benzene rings is 5. The Labute approximate surface area is 295 Å². The summed E-state index contributed by atoms with van der Waals surface area (Å²) in [5.41, 5.74) is 2.31. The molecule has 5 aromatic carbocycles. The molecule has 0 aliphatic carbocycles. The van der Waals surface area contributed by atoms with E-state index in [9.17, 15) is 0 Å². The summed E-state index contributed by atoms with van der Waals surface area (Å²) in [5, 5.41) is 6.63. The smallest absolute Gasteiger partial charge is 0.261 e. The van der Waals surface area contributed by atoms with Gasteiger partial charge in [0.25, 0.3) is 8.32 Å². The molecule has 0 spiro atoms. The summed E-state index contributed by atoms with van der Waals surface area (Å²) < 4.78 is 7.98. The summed E-state index contributed by atoms with van der Waals surface area (Å²) >= 11 is 0. The molecule has 6 rings (SSSR count). The van der Waals surface area contributed by atoms with Gasteiger partial charge in [-0.15, -0.1) is 0 Å². The molecule has 0 saturated carbocycles. The van der Waals surface area contributed by atoms with Crippen LogP contribution < -0.4 is 26.3 Å². The Hall–Kier alpha value is -4.40. The van der Waals surface area contributed by atoms with Crippen molar-refractivity contribution in [1.82, 2.24) is 4.98 Å². The van der Waals surface area contributed by atoms with Crippen LogP contribution in [0.1, 0.15) is 39.7 Å². The largest absolute Gasteiger partial charge is 0.401 e. The predicted octanol–water partition coefficient (Wildman–Crippen LogP) is 8.81. The van der Waals surface area contributed by atoms with Crippen molar-refractivity contribution < 1.29 is 4.43 Å². The summed E-state index contributed by atoms with van der Waals surface area (Å²) in [6, 6.07) is 59.8. The predicted molar refractivity (Wildman–Crippen MR) is 215 cm³/mol. The van der Waals surface area contributed by atoms with Crippen LogP contribution in [-0.2, 0) is 4.43 Å². The van der Waals surface area contributed by atoms with Crippen LogP contribution in [0, 0.1) is 0 Å². The maximum Gasteiger partial charge on any atom is 0.261 e. The van der Waals surface area contributed by atoms with E-state index < -0.39 is 15.6 Å². The first-order chi connectivity index (χ1) is 23.8. The highest BCUT2D eigenvalue weighted by Gasteiger charge is 2.52. The van der Waals surface area contributed by atoms with Gasteiger partial charge in [0.05, 0.1) is 12.3 Å². The van der Waals surface area contributed by atoms with Crippen molar-refractivity contribution in [3.8, 4) is 0 Å². The Bertz CT molecular complexity index is 1770. The lowest BCUT2D eigenvalue weighted by molar-refractivity contribution is 0.219. The molecule has 1 aromatic heterocycles. The fourth-order valence-electron chi connectivity index (χ4n) is 7.29. The average molecular weight is 677 g/mol. The minimum absolute atomic E-state index is 0.137. The van der Waals surface area contributed by atoms with Gasteiger partial charge >= 0.3 is 0 Å². The molecule has 0 aliphatic rings. The van der Waals surface area contributed by atoms with Crippen molar-refractivity contribution in [2.24, 2.45) is 0 Å². The highest BCUT2D eigenvalue weighted by molar-refractivity contribution is 7.95. The molecule has 0 N–H and O–H groups in total. The summed E-state index contributed by atoms with van der Waals surface area (Å²) in [5.74, 6) is 0.